The lowest BCUT2D eigenvalue weighted by atomic mass is 10.1. The van der Waals surface area contributed by atoms with Crippen LogP contribution >= 0.6 is 0 Å². The fourth-order valence-electron chi connectivity index (χ4n) is 3.97. The third-order valence-corrected chi connectivity index (χ3v) is 5.58. The monoisotopic (exact) mass is 496 g/mol. The van der Waals surface area contributed by atoms with Gasteiger partial charge in [-0.1, -0.05) is 12.1 Å². The van der Waals surface area contributed by atoms with Crippen LogP contribution in [-0.4, -0.2) is 54.2 Å². The number of fused-ring (bicyclic) bond motifs is 1. The maximum absolute atomic E-state index is 14.0. The molecule has 0 saturated carbocycles. The third kappa shape index (κ3) is 6.20. The molecule has 0 aromatic heterocycles. The van der Waals surface area contributed by atoms with Crippen LogP contribution in [0.3, 0.4) is 0 Å². The number of anilines is 2. The van der Waals surface area contributed by atoms with Crippen LogP contribution in [0, 0.1) is 0 Å². The molecule has 0 unspecified atom stereocenters. The summed E-state index contributed by atoms with van der Waals surface area (Å²) in [6, 6.07) is 10.0. The number of hydrogen-bond acceptors (Lipinski definition) is 5. The van der Waals surface area contributed by atoms with Crippen molar-refractivity contribution in [1.82, 2.24) is 9.80 Å². The van der Waals surface area contributed by atoms with Gasteiger partial charge in [0.2, 0.25) is 5.91 Å². The predicted molar refractivity (Wildman–Crippen MR) is 118 cm³/mol. The van der Waals surface area contributed by atoms with Crippen molar-refractivity contribution < 1.29 is 36.6 Å². The Morgan fingerprint density at radius 3 is 2.37 bits per heavy atom. The molecule has 35 heavy (non-hydrogen) atoms. The van der Waals surface area contributed by atoms with Crippen LogP contribution in [0.1, 0.15) is 24.5 Å². The van der Waals surface area contributed by atoms with Gasteiger partial charge in [0.1, 0.15) is 5.75 Å². The molecule has 0 bridgehead atoms. The number of nitrogens with one attached hydrogen (secondary N) is 2. The summed E-state index contributed by atoms with van der Waals surface area (Å²) in [6.45, 7) is 4.34. The van der Waals surface area contributed by atoms with Gasteiger partial charge in [-0.3, -0.25) is 9.69 Å². The van der Waals surface area contributed by atoms with Crippen LogP contribution in [0.2, 0.25) is 0 Å². The van der Waals surface area contributed by atoms with Gasteiger partial charge in [0.15, 0.2) is 0 Å². The molecule has 188 valence electrons. The summed E-state index contributed by atoms with van der Waals surface area (Å²) >= 11 is 0. The van der Waals surface area contributed by atoms with Gasteiger partial charge in [0.05, 0.1) is 5.56 Å². The lowest BCUT2D eigenvalue weighted by molar-refractivity contribution is -0.461. The number of carbonyl (C=O) groups is 2. The van der Waals surface area contributed by atoms with Crippen LogP contribution < -0.4 is 15.4 Å². The van der Waals surface area contributed by atoms with Gasteiger partial charge in [-0.2, -0.15) is 8.78 Å². The number of halogens is 4. The number of amides is 3. The van der Waals surface area contributed by atoms with Gasteiger partial charge < -0.3 is 20.3 Å². The van der Waals surface area contributed by atoms with Gasteiger partial charge in [-0.15, -0.1) is 8.78 Å². The minimum Gasteiger partial charge on any atom is -0.409 e. The van der Waals surface area contributed by atoms with Crippen molar-refractivity contribution in [3.63, 3.8) is 0 Å². The third-order valence-electron chi connectivity index (χ3n) is 5.58. The number of nitrogens with zero attached hydrogens (tertiary/aromatic N) is 2. The van der Waals surface area contributed by atoms with Crippen molar-refractivity contribution in [2.45, 2.75) is 32.3 Å². The van der Waals surface area contributed by atoms with E-state index in [-0.39, 0.29) is 11.6 Å². The fourth-order valence-corrected chi connectivity index (χ4v) is 3.97. The molecule has 8 nitrogen and oxygen atoms in total. The number of alkyl halides is 4. The molecule has 3 amide bonds. The molecular formula is C23H24F4N4O4. The maximum Gasteiger partial charge on any atom is 0.540 e. The Labute approximate surface area is 198 Å². The summed E-state index contributed by atoms with van der Waals surface area (Å²) in [5.41, 5.74) is 0.882. The van der Waals surface area contributed by atoms with Gasteiger partial charge in [-0.05, 0) is 42.3 Å². The molecule has 0 spiro atoms. The first-order chi connectivity index (χ1) is 16.5. The lowest BCUT2D eigenvalue weighted by Crippen LogP contribution is -2.41. The first-order valence-electron chi connectivity index (χ1n) is 10.9. The zero-order valence-electron chi connectivity index (χ0n) is 18.8. The van der Waals surface area contributed by atoms with Gasteiger partial charge in [0.25, 0.3) is 0 Å². The van der Waals surface area contributed by atoms with E-state index in [4.69, 9.17) is 0 Å². The Morgan fingerprint density at radius 1 is 0.943 bits per heavy atom. The number of hydrogen-bond donors (Lipinski definition) is 2. The molecule has 12 heteroatoms. The number of benzene rings is 2. The average Bonchev–Trinajstić information content (AvgIpc) is 3.00. The van der Waals surface area contributed by atoms with Crippen molar-refractivity contribution in [2.75, 3.05) is 36.8 Å². The highest BCUT2D eigenvalue weighted by Gasteiger charge is 2.54. The van der Waals surface area contributed by atoms with Crippen molar-refractivity contribution in [3.8, 4) is 5.75 Å². The normalized spacial score (nSPS) is 19.2. The summed E-state index contributed by atoms with van der Waals surface area (Å²) in [6.07, 6.45) is -8.02. The Bertz CT molecular complexity index is 1100. The maximum atomic E-state index is 14.0. The van der Waals surface area contributed by atoms with E-state index in [1.807, 2.05) is 24.3 Å². The molecule has 2 N–H and O–H groups in total. The second-order valence-corrected chi connectivity index (χ2v) is 8.32. The second-order valence-electron chi connectivity index (χ2n) is 8.32. The van der Waals surface area contributed by atoms with Crippen molar-refractivity contribution in [1.29, 1.82) is 0 Å². The smallest absolute Gasteiger partial charge is 0.409 e. The average molecular weight is 496 g/mol. The van der Waals surface area contributed by atoms with E-state index in [1.54, 1.807) is 4.90 Å². The molecule has 1 fully saturated rings. The number of urea groups is 1. The molecule has 0 atom stereocenters. The molecule has 2 aromatic carbocycles. The molecule has 0 aliphatic carbocycles. The highest BCUT2D eigenvalue weighted by Crippen LogP contribution is 2.46. The highest BCUT2D eigenvalue weighted by atomic mass is 19.3. The lowest BCUT2D eigenvalue weighted by Gasteiger charge is -2.30. The molecule has 2 heterocycles. The quantitative estimate of drug-likeness (QED) is 0.614. The Balaban J connectivity index is 1.34. The van der Waals surface area contributed by atoms with Crippen molar-refractivity contribution in [2.24, 2.45) is 0 Å². The van der Waals surface area contributed by atoms with Gasteiger partial charge in [-0.25, -0.2) is 9.53 Å². The molecular weight excluding hydrogens is 472 g/mol. The van der Waals surface area contributed by atoms with E-state index < -0.39 is 29.7 Å². The summed E-state index contributed by atoms with van der Waals surface area (Å²) in [4.78, 5) is 27.6. The zero-order valence-corrected chi connectivity index (χ0v) is 18.8. The van der Waals surface area contributed by atoms with E-state index in [0.717, 1.165) is 24.2 Å². The summed E-state index contributed by atoms with van der Waals surface area (Å²) < 4.78 is 61.9. The van der Waals surface area contributed by atoms with Crippen LogP contribution in [0.5, 0.6) is 5.75 Å². The van der Waals surface area contributed by atoms with Crippen molar-refractivity contribution >= 4 is 23.3 Å². The largest absolute Gasteiger partial charge is 0.540 e. The van der Waals surface area contributed by atoms with Crippen LogP contribution in [-0.2, 0) is 22.2 Å². The Hall–Kier alpha value is -3.38. The van der Waals surface area contributed by atoms with E-state index in [0.29, 0.717) is 38.3 Å². The van der Waals surface area contributed by atoms with E-state index >= 15 is 0 Å². The van der Waals surface area contributed by atoms with Gasteiger partial charge in [0, 0.05) is 51.0 Å². The fraction of sp³-hybridized carbons (Fsp3) is 0.391. The summed E-state index contributed by atoms with van der Waals surface area (Å²) in [5, 5.41) is 5.25. The number of carbonyl (C=O) groups excluding carboxylic acids is 2. The molecule has 4 rings (SSSR count). The minimum absolute atomic E-state index is 0.00574. The number of ether oxygens (including phenoxy) is 2. The van der Waals surface area contributed by atoms with Crippen LogP contribution in [0.25, 0.3) is 0 Å². The first kappa shape index (κ1) is 24.7. The van der Waals surface area contributed by atoms with E-state index in [1.165, 1.54) is 13.0 Å². The summed E-state index contributed by atoms with van der Waals surface area (Å²) in [5.74, 6) is -0.865. The molecule has 2 aromatic rings. The summed E-state index contributed by atoms with van der Waals surface area (Å²) in [7, 11) is 0. The molecule has 0 radical (unpaired) electrons. The second kappa shape index (κ2) is 9.70. The molecule has 1 saturated heterocycles. The van der Waals surface area contributed by atoms with Crippen LogP contribution in [0.4, 0.5) is 33.7 Å². The highest BCUT2D eigenvalue weighted by molar-refractivity contribution is 5.89. The minimum atomic E-state index is -4.45. The standard InChI is InChI=1S/C23H24F4N4O4/c1-15(32)28-17-5-3-16(4-6-17)14-30-9-2-10-31(12-11-30)21(33)29-18-7-8-20-19(13-18)22(24,25)35-23(26,27)34-20/h3-8,13H,2,9-12,14H2,1H3,(H,28,32)(H,29,33). The molecule has 2 aliphatic heterocycles. The van der Waals surface area contributed by atoms with Crippen LogP contribution in [0.15, 0.2) is 42.5 Å². The first-order valence-corrected chi connectivity index (χ1v) is 10.9. The Kier molecular flexibility index (Phi) is 6.86. The van der Waals surface area contributed by atoms with Crippen molar-refractivity contribution in [3.05, 3.63) is 53.6 Å². The Morgan fingerprint density at radius 2 is 1.66 bits per heavy atom. The predicted octanol–water partition coefficient (Wildman–Crippen LogP) is 4.39. The van der Waals surface area contributed by atoms with E-state index in [2.05, 4.69) is 25.0 Å². The zero-order chi connectivity index (χ0) is 25.2. The van der Waals surface area contributed by atoms with E-state index in [9.17, 15) is 27.2 Å². The number of rotatable bonds is 4. The topological polar surface area (TPSA) is 83.1 Å². The molecule has 2 aliphatic rings. The SMILES string of the molecule is CC(=O)Nc1ccc(CN2CCCN(C(=O)Nc3ccc4c(c3)C(F)(F)OC(F)(F)O4)CC2)cc1. The van der Waals surface area contributed by atoms with Gasteiger partial charge >= 0.3 is 18.4 Å².